The van der Waals surface area contributed by atoms with Crippen molar-refractivity contribution in [3.05, 3.63) is 35.4 Å². The minimum absolute atomic E-state index is 0.0265. The number of likely N-dealkylation sites (tertiary alicyclic amines) is 1. The van der Waals surface area contributed by atoms with Gasteiger partial charge in [0.25, 0.3) is 0 Å². The average molecular weight is 441 g/mol. The molecule has 1 fully saturated rings. The molecule has 1 aromatic rings. The number of hydrogen-bond donors (Lipinski definition) is 1. The second kappa shape index (κ2) is 11.3. The zero-order valence-corrected chi connectivity index (χ0v) is 19.5. The van der Waals surface area contributed by atoms with E-state index in [0.29, 0.717) is 24.9 Å². The van der Waals surface area contributed by atoms with Gasteiger partial charge in [-0.05, 0) is 63.6 Å². The lowest BCUT2D eigenvalue weighted by molar-refractivity contribution is -0.198. The third kappa shape index (κ3) is 6.24. The Balaban J connectivity index is 2.12. The van der Waals surface area contributed by atoms with Crippen LogP contribution in [0.2, 0.25) is 0 Å². The molecule has 1 saturated heterocycles. The van der Waals surface area contributed by atoms with Gasteiger partial charge in [-0.3, -0.25) is 4.79 Å². The van der Waals surface area contributed by atoms with Gasteiger partial charge in [-0.2, -0.15) is 13.2 Å². The second-order valence-electron chi connectivity index (χ2n) is 9.17. The number of hydrogen-bond acceptors (Lipinski definition) is 2. The van der Waals surface area contributed by atoms with Gasteiger partial charge in [0.05, 0.1) is 0 Å². The molecule has 2 atom stereocenters. The lowest BCUT2D eigenvalue weighted by atomic mass is 9.77. The number of carbonyl (C=O) groups is 1. The minimum atomic E-state index is -4.65. The van der Waals surface area contributed by atoms with Crippen LogP contribution in [0.5, 0.6) is 0 Å². The van der Waals surface area contributed by atoms with Gasteiger partial charge in [0.2, 0.25) is 5.91 Å². The first-order chi connectivity index (χ1) is 14.6. The van der Waals surface area contributed by atoms with E-state index in [4.69, 9.17) is 0 Å². The van der Waals surface area contributed by atoms with E-state index in [1.54, 1.807) is 19.1 Å². The molecule has 1 aliphatic heterocycles. The van der Waals surface area contributed by atoms with Crippen LogP contribution in [-0.4, -0.2) is 43.2 Å². The summed E-state index contributed by atoms with van der Waals surface area (Å²) in [5.74, 6) is 0.231. The third-order valence-corrected chi connectivity index (χ3v) is 6.95. The van der Waals surface area contributed by atoms with E-state index >= 15 is 0 Å². The summed E-state index contributed by atoms with van der Waals surface area (Å²) in [5, 5.41) is 3.39. The smallest absolute Gasteiger partial charge is 0.342 e. The van der Waals surface area contributed by atoms with Crippen molar-refractivity contribution < 1.29 is 18.0 Å². The van der Waals surface area contributed by atoms with Crippen LogP contribution in [0.25, 0.3) is 0 Å². The van der Waals surface area contributed by atoms with Gasteiger partial charge in [0.1, 0.15) is 0 Å². The molecular weight excluding hydrogens is 401 g/mol. The Kier molecular flexibility index (Phi) is 9.41. The number of piperidine rings is 1. The standard InChI is InChI=1S/C25H39F3N2O/c1-5-7-10-20(12-15-29-6-2)21-13-16-30(17-14-21)23(31)24(4,25(26,27)28)22-11-8-9-19(3)18-22/h8-9,11,18,20-21,29H,5-7,10,12-17H2,1-4H3. The van der Waals surface area contributed by atoms with Crippen molar-refractivity contribution in [1.82, 2.24) is 10.2 Å². The number of halogens is 3. The van der Waals surface area contributed by atoms with E-state index in [2.05, 4.69) is 19.2 Å². The normalized spacial score (nSPS) is 18.6. The largest absolute Gasteiger partial charge is 0.406 e. The highest BCUT2D eigenvalue weighted by Gasteiger charge is 2.59. The average Bonchev–Trinajstić information content (AvgIpc) is 2.74. The van der Waals surface area contributed by atoms with Crippen LogP contribution < -0.4 is 5.32 Å². The SMILES string of the molecule is CCCCC(CCNCC)C1CCN(C(=O)C(C)(c2cccc(C)c2)C(F)(F)F)CC1. The summed E-state index contributed by atoms with van der Waals surface area (Å²) < 4.78 is 42.6. The molecule has 6 heteroatoms. The Hall–Kier alpha value is -1.56. The maximum atomic E-state index is 14.2. The highest BCUT2D eigenvalue weighted by Crippen LogP contribution is 2.43. The van der Waals surface area contributed by atoms with Crippen LogP contribution >= 0.6 is 0 Å². The quantitative estimate of drug-likeness (QED) is 0.462. The Morgan fingerprint density at radius 2 is 1.87 bits per heavy atom. The predicted molar refractivity (Wildman–Crippen MR) is 120 cm³/mol. The molecule has 0 spiro atoms. The van der Waals surface area contributed by atoms with E-state index in [1.807, 2.05) is 0 Å². The summed E-state index contributed by atoms with van der Waals surface area (Å²) in [6, 6.07) is 6.25. The summed E-state index contributed by atoms with van der Waals surface area (Å²) in [5.41, 5.74) is -1.77. The molecule has 2 rings (SSSR count). The number of amides is 1. The van der Waals surface area contributed by atoms with Gasteiger partial charge in [0, 0.05) is 13.1 Å². The molecule has 2 unspecified atom stereocenters. The molecule has 0 radical (unpaired) electrons. The van der Waals surface area contributed by atoms with Crippen LogP contribution in [0.15, 0.2) is 24.3 Å². The van der Waals surface area contributed by atoms with Gasteiger partial charge in [-0.15, -0.1) is 0 Å². The monoisotopic (exact) mass is 440 g/mol. The number of benzene rings is 1. The molecule has 0 aliphatic carbocycles. The van der Waals surface area contributed by atoms with Crippen molar-refractivity contribution >= 4 is 5.91 Å². The highest BCUT2D eigenvalue weighted by atomic mass is 19.4. The zero-order valence-electron chi connectivity index (χ0n) is 19.5. The first kappa shape index (κ1) is 25.7. The van der Waals surface area contributed by atoms with Crippen molar-refractivity contribution in [3.63, 3.8) is 0 Å². The van der Waals surface area contributed by atoms with Crippen molar-refractivity contribution in [2.24, 2.45) is 11.8 Å². The lowest BCUT2D eigenvalue weighted by Gasteiger charge is -2.41. The molecule has 0 aromatic heterocycles. The molecule has 1 amide bonds. The van der Waals surface area contributed by atoms with Gasteiger partial charge in [-0.25, -0.2) is 0 Å². The van der Waals surface area contributed by atoms with Crippen LogP contribution in [0.1, 0.15) is 70.4 Å². The number of aryl methyl sites for hydroxylation is 1. The molecule has 176 valence electrons. The predicted octanol–water partition coefficient (Wildman–Crippen LogP) is 5.86. The molecule has 1 N–H and O–H groups in total. The molecule has 0 bridgehead atoms. The Bertz CT molecular complexity index is 698. The molecule has 1 heterocycles. The van der Waals surface area contributed by atoms with E-state index in [9.17, 15) is 18.0 Å². The van der Waals surface area contributed by atoms with Crippen LogP contribution in [0.3, 0.4) is 0 Å². The fourth-order valence-corrected chi connectivity index (χ4v) is 4.80. The summed E-state index contributed by atoms with van der Waals surface area (Å²) >= 11 is 0. The summed E-state index contributed by atoms with van der Waals surface area (Å²) in [7, 11) is 0. The molecule has 1 aliphatic rings. The first-order valence-corrected chi connectivity index (χ1v) is 11.8. The number of rotatable bonds is 10. The van der Waals surface area contributed by atoms with Gasteiger partial charge in [0.15, 0.2) is 5.41 Å². The van der Waals surface area contributed by atoms with E-state index < -0.39 is 17.5 Å². The lowest BCUT2D eigenvalue weighted by Crippen LogP contribution is -2.55. The molecule has 0 saturated carbocycles. The van der Waals surface area contributed by atoms with Crippen LogP contribution in [0.4, 0.5) is 13.2 Å². The summed E-state index contributed by atoms with van der Waals surface area (Å²) in [6.07, 6.45) is 1.50. The first-order valence-electron chi connectivity index (χ1n) is 11.8. The van der Waals surface area contributed by atoms with E-state index in [1.165, 1.54) is 23.5 Å². The number of nitrogens with one attached hydrogen (secondary N) is 1. The molecule has 3 nitrogen and oxygen atoms in total. The molecule has 31 heavy (non-hydrogen) atoms. The summed E-state index contributed by atoms with van der Waals surface area (Å²) in [6.45, 7) is 9.81. The second-order valence-corrected chi connectivity index (χ2v) is 9.17. The van der Waals surface area contributed by atoms with Gasteiger partial charge < -0.3 is 10.2 Å². The Morgan fingerprint density at radius 1 is 1.19 bits per heavy atom. The number of unbranched alkanes of at least 4 members (excludes halogenated alkanes) is 1. The van der Waals surface area contributed by atoms with Crippen molar-refractivity contribution in [2.45, 2.75) is 77.8 Å². The Labute approximate surface area is 185 Å². The topological polar surface area (TPSA) is 32.3 Å². The van der Waals surface area contributed by atoms with E-state index in [0.717, 1.165) is 57.7 Å². The summed E-state index contributed by atoms with van der Waals surface area (Å²) in [4.78, 5) is 14.7. The van der Waals surface area contributed by atoms with Crippen LogP contribution in [0, 0.1) is 18.8 Å². The zero-order chi connectivity index (χ0) is 23.1. The highest BCUT2D eigenvalue weighted by molar-refractivity contribution is 5.89. The van der Waals surface area contributed by atoms with E-state index in [-0.39, 0.29) is 5.56 Å². The molecular formula is C25H39F3N2O. The fourth-order valence-electron chi connectivity index (χ4n) is 4.80. The maximum absolute atomic E-state index is 14.2. The van der Waals surface area contributed by atoms with Crippen molar-refractivity contribution in [1.29, 1.82) is 0 Å². The third-order valence-electron chi connectivity index (χ3n) is 6.95. The van der Waals surface area contributed by atoms with Crippen LogP contribution in [-0.2, 0) is 10.2 Å². The fraction of sp³-hybridized carbons (Fsp3) is 0.720. The number of alkyl halides is 3. The minimum Gasteiger partial charge on any atom is -0.342 e. The molecule has 1 aromatic carbocycles. The maximum Gasteiger partial charge on any atom is 0.406 e. The van der Waals surface area contributed by atoms with Crippen molar-refractivity contribution in [3.8, 4) is 0 Å². The number of nitrogens with zero attached hydrogens (tertiary/aromatic N) is 1. The number of carbonyl (C=O) groups excluding carboxylic acids is 1. The van der Waals surface area contributed by atoms with Crippen molar-refractivity contribution in [2.75, 3.05) is 26.2 Å². The van der Waals surface area contributed by atoms with Gasteiger partial charge >= 0.3 is 6.18 Å². The Morgan fingerprint density at radius 3 is 2.42 bits per heavy atom. The van der Waals surface area contributed by atoms with Gasteiger partial charge in [-0.1, -0.05) is 62.9 Å².